The smallest absolute Gasteiger partial charge is 0.153 e. The fourth-order valence-electron chi connectivity index (χ4n) is 6.43. The van der Waals surface area contributed by atoms with E-state index in [1.807, 2.05) is 6.92 Å². The van der Waals surface area contributed by atoms with E-state index in [-0.39, 0.29) is 28.6 Å². The van der Waals surface area contributed by atoms with E-state index < -0.39 is 35.7 Å². The van der Waals surface area contributed by atoms with Crippen molar-refractivity contribution >= 4 is 5.78 Å². The van der Waals surface area contributed by atoms with E-state index in [4.69, 9.17) is 0 Å². The summed E-state index contributed by atoms with van der Waals surface area (Å²) < 4.78 is 0. The summed E-state index contributed by atoms with van der Waals surface area (Å²) in [5, 5.41) is 43.0. The second-order valence-electron chi connectivity index (χ2n) is 9.27. The molecular formula is C20H28O5. The minimum atomic E-state index is -2.03. The standard InChI is InChI=1S/C20H28O5/c1-9-7-19-10(2)5-13-14(18(13,3)4)12(17(19)24)6-11(8-21)16(23)20(19,25)15(9)22/h6-7,10,12-16,21-23,25H,5,8H2,1-4H3/t10-,12+,13-,14-,15+,16-,19-,20-/m1/s1. The fourth-order valence-corrected chi connectivity index (χ4v) is 6.43. The number of aliphatic hydroxyl groups excluding tert-OH is 3. The fraction of sp³-hybridized carbons (Fsp3) is 0.750. The zero-order valence-corrected chi connectivity index (χ0v) is 15.2. The molecule has 2 fully saturated rings. The number of hydrogen-bond acceptors (Lipinski definition) is 5. The highest BCUT2D eigenvalue weighted by Gasteiger charge is 2.75. The van der Waals surface area contributed by atoms with Crippen LogP contribution in [-0.2, 0) is 4.79 Å². The maximum Gasteiger partial charge on any atom is 0.153 e. The van der Waals surface area contributed by atoms with Gasteiger partial charge >= 0.3 is 0 Å². The summed E-state index contributed by atoms with van der Waals surface area (Å²) in [6.07, 6.45) is 1.34. The predicted octanol–water partition coefficient (Wildman–Crippen LogP) is 0.815. The first-order valence-electron chi connectivity index (χ1n) is 9.18. The number of Topliss-reactive ketones (excluding diaryl/α,β-unsaturated/α-hetero) is 1. The van der Waals surface area contributed by atoms with Crippen LogP contribution in [0.15, 0.2) is 23.3 Å². The Balaban J connectivity index is 1.99. The molecule has 0 heterocycles. The quantitative estimate of drug-likeness (QED) is 0.526. The van der Waals surface area contributed by atoms with E-state index in [2.05, 4.69) is 13.8 Å². The summed E-state index contributed by atoms with van der Waals surface area (Å²) in [5.74, 6) is -0.288. The van der Waals surface area contributed by atoms with Gasteiger partial charge in [0.15, 0.2) is 5.78 Å². The molecular weight excluding hydrogens is 320 g/mol. The van der Waals surface area contributed by atoms with Crippen molar-refractivity contribution in [1.82, 2.24) is 0 Å². The largest absolute Gasteiger partial charge is 0.392 e. The van der Waals surface area contributed by atoms with Gasteiger partial charge in [-0.2, -0.15) is 0 Å². The zero-order chi connectivity index (χ0) is 18.5. The highest BCUT2D eigenvalue weighted by molar-refractivity contribution is 5.95. The van der Waals surface area contributed by atoms with Crippen molar-refractivity contribution in [3.05, 3.63) is 23.3 Å². The molecule has 5 heteroatoms. The predicted molar refractivity (Wildman–Crippen MR) is 91.4 cm³/mol. The third-order valence-corrected chi connectivity index (χ3v) is 7.93. The SMILES string of the molecule is CC1=C[C@@]23C(=O)[C@@H](C=C(CO)[C@@H](O)[C@]2(O)[C@H]1O)[C@@H]1[C@@H](C[C@H]3C)C1(C)C. The second kappa shape index (κ2) is 4.83. The number of carbonyl (C=O) groups excluding carboxylic acids is 1. The van der Waals surface area contributed by atoms with Crippen LogP contribution >= 0.6 is 0 Å². The molecule has 5 nitrogen and oxygen atoms in total. The lowest BCUT2D eigenvalue weighted by atomic mass is 9.59. The van der Waals surface area contributed by atoms with Crippen LogP contribution in [0.2, 0.25) is 0 Å². The van der Waals surface area contributed by atoms with Crippen LogP contribution in [0, 0.1) is 34.5 Å². The summed E-state index contributed by atoms with van der Waals surface area (Å²) in [6, 6.07) is 0. The molecule has 0 aliphatic heterocycles. The maximum atomic E-state index is 13.7. The Bertz CT molecular complexity index is 707. The summed E-state index contributed by atoms with van der Waals surface area (Å²) in [4.78, 5) is 13.7. The number of allylic oxidation sites excluding steroid dienone is 1. The van der Waals surface area contributed by atoms with E-state index in [1.54, 1.807) is 19.1 Å². The first-order valence-corrected chi connectivity index (χ1v) is 9.18. The van der Waals surface area contributed by atoms with Gasteiger partial charge in [0.05, 0.1) is 12.0 Å². The van der Waals surface area contributed by atoms with Gasteiger partial charge in [-0.3, -0.25) is 4.79 Å². The molecule has 25 heavy (non-hydrogen) atoms. The van der Waals surface area contributed by atoms with Crippen LogP contribution in [0.4, 0.5) is 0 Å². The summed E-state index contributed by atoms with van der Waals surface area (Å²) in [5.41, 5.74) is -2.58. The molecule has 2 saturated carbocycles. The Kier molecular flexibility index (Phi) is 3.36. The average molecular weight is 348 g/mol. The highest BCUT2D eigenvalue weighted by Crippen LogP contribution is 2.71. The molecule has 8 atom stereocenters. The lowest BCUT2D eigenvalue weighted by molar-refractivity contribution is -0.190. The van der Waals surface area contributed by atoms with Gasteiger partial charge in [0.2, 0.25) is 0 Å². The van der Waals surface area contributed by atoms with Gasteiger partial charge in [0, 0.05) is 5.92 Å². The van der Waals surface area contributed by atoms with Crippen LogP contribution in [0.25, 0.3) is 0 Å². The van der Waals surface area contributed by atoms with Gasteiger partial charge < -0.3 is 20.4 Å². The van der Waals surface area contributed by atoms with E-state index in [0.717, 1.165) is 6.42 Å². The third kappa shape index (κ3) is 1.71. The molecule has 4 aliphatic rings. The van der Waals surface area contributed by atoms with Gasteiger partial charge in [0.25, 0.3) is 0 Å². The summed E-state index contributed by atoms with van der Waals surface area (Å²) in [7, 11) is 0. The van der Waals surface area contributed by atoms with E-state index in [1.165, 1.54) is 0 Å². The van der Waals surface area contributed by atoms with Crippen LogP contribution in [0.3, 0.4) is 0 Å². The normalized spacial score (nSPS) is 53.2. The Morgan fingerprint density at radius 3 is 2.48 bits per heavy atom. The van der Waals surface area contributed by atoms with Gasteiger partial charge in [-0.15, -0.1) is 0 Å². The molecule has 1 spiro atoms. The van der Waals surface area contributed by atoms with Crippen molar-refractivity contribution in [3.63, 3.8) is 0 Å². The molecule has 4 N–H and O–H groups in total. The maximum absolute atomic E-state index is 13.7. The third-order valence-electron chi connectivity index (χ3n) is 7.93. The second-order valence-corrected chi connectivity index (χ2v) is 9.27. The van der Waals surface area contributed by atoms with Gasteiger partial charge in [-0.05, 0) is 47.7 Å². The Morgan fingerprint density at radius 1 is 1.24 bits per heavy atom. The number of rotatable bonds is 1. The molecule has 0 aromatic heterocycles. The van der Waals surface area contributed by atoms with E-state index >= 15 is 0 Å². The van der Waals surface area contributed by atoms with Crippen molar-refractivity contribution in [2.45, 2.75) is 51.9 Å². The molecule has 0 aromatic carbocycles. The Hall–Kier alpha value is -1.01. The number of fused-ring (bicyclic) bond motifs is 3. The molecule has 138 valence electrons. The summed E-state index contributed by atoms with van der Waals surface area (Å²) >= 11 is 0. The molecule has 0 saturated heterocycles. The number of hydrogen-bond donors (Lipinski definition) is 4. The van der Waals surface area contributed by atoms with Crippen molar-refractivity contribution in [3.8, 4) is 0 Å². The van der Waals surface area contributed by atoms with Crippen LogP contribution in [0.5, 0.6) is 0 Å². The van der Waals surface area contributed by atoms with Crippen LogP contribution in [-0.4, -0.2) is 50.6 Å². The van der Waals surface area contributed by atoms with Crippen molar-refractivity contribution < 1.29 is 25.2 Å². The minimum absolute atomic E-state index is 0.0245. The average Bonchev–Trinajstić information content (AvgIpc) is 3.05. The first-order chi connectivity index (χ1) is 11.5. The minimum Gasteiger partial charge on any atom is -0.392 e. The van der Waals surface area contributed by atoms with Crippen molar-refractivity contribution in [2.75, 3.05) is 6.61 Å². The molecule has 2 bridgehead atoms. The monoisotopic (exact) mass is 348 g/mol. The molecule has 0 aromatic rings. The van der Waals surface area contributed by atoms with Gasteiger partial charge in [-0.25, -0.2) is 0 Å². The van der Waals surface area contributed by atoms with E-state index in [9.17, 15) is 25.2 Å². The number of carbonyl (C=O) groups is 1. The van der Waals surface area contributed by atoms with Gasteiger partial charge in [0.1, 0.15) is 17.8 Å². The highest BCUT2D eigenvalue weighted by atomic mass is 16.4. The van der Waals surface area contributed by atoms with Crippen molar-refractivity contribution in [1.29, 1.82) is 0 Å². The molecule has 0 amide bonds. The van der Waals surface area contributed by atoms with E-state index in [0.29, 0.717) is 11.5 Å². The molecule has 4 aliphatic carbocycles. The van der Waals surface area contributed by atoms with Crippen LogP contribution < -0.4 is 0 Å². The Morgan fingerprint density at radius 2 is 1.88 bits per heavy atom. The lowest BCUT2D eigenvalue weighted by Gasteiger charge is -2.48. The number of ketones is 1. The van der Waals surface area contributed by atoms with Crippen LogP contribution in [0.1, 0.15) is 34.1 Å². The first kappa shape index (κ1) is 17.4. The zero-order valence-electron chi connectivity index (χ0n) is 15.2. The van der Waals surface area contributed by atoms with Crippen molar-refractivity contribution in [2.24, 2.45) is 34.5 Å². The molecule has 4 rings (SSSR count). The topological polar surface area (TPSA) is 98.0 Å². The lowest BCUT2D eigenvalue weighted by Crippen LogP contribution is -2.65. The van der Waals surface area contributed by atoms with Gasteiger partial charge in [-0.1, -0.05) is 32.9 Å². The molecule has 0 radical (unpaired) electrons. The summed E-state index contributed by atoms with van der Waals surface area (Å²) in [6.45, 7) is 7.50. The molecule has 0 unspecified atom stereocenters. The Labute approximate surface area is 148 Å². The number of aliphatic hydroxyl groups is 4.